The molecule has 0 aliphatic rings. The van der Waals surface area contributed by atoms with Crippen molar-refractivity contribution >= 4 is 11.9 Å². The molecule has 0 aromatic heterocycles. The first kappa shape index (κ1) is 15.2. The molecule has 104 valence electrons. The molecule has 1 rings (SSSR count). The van der Waals surface area contributed by atoms with E-state index in [4.69, 9.17) is 0 Å². The molecule has 0 bridgehead atoms. The molecule has 1 aromatic rings. The lowest BCUT2D eigenvalue weighted by molar-refractivity contribution is -0.144. The minimum absolute atomic E-state index is 0.120. The van der Waals surface area contributed by atoms with Crippen LogP contribution in [0.15, 0.2) is 24.3 Å². The van der Waals surface area contributed by atoms with E-state index in [-0.39, 0.29) is 5.91 Å². The fraction of sp³-hybridized carbons (Fsp3) is 0.467. The van der Waals surface area contributed by atoms with Gasteiger partial charge in [-0.15, -0.1) is 0 Å². The number of carbonyl (C=O) groups excluding carboxylic acids is 2. The van der Waals surface area contributed by atoms with Crippen LogP contribution >= 0.6 is 0 Å². The number of benzene rings is 1. The van der Waals surface area contributed by atoms with Crippen molar-refractivity contribution < 1.29 is 14.3 Å². The number of aryl methyl sites for hydroxylation is 2. The van der Waals surface area contributed by atoms with Gasteiger partial charge in [-0.1, -0.05) is 29.8 Å². The van der Waals surface area contributed by atoms with E-state index in [1.807, 2.05) is 6.92 Å². The quantitative estimate of drug-likeness (QED) is 0.799. The van der Waals surface area contributed by atoms with Crippen molar-refractivity contribution in [1.82, 2.24) is 5.32 Å². The Bertz CT molecular complexity index is 426. The van der Waals surface area contributed by atoms with Crippen molar-refractivity contribution in [3.8, 4) is 0 Å². The highest BCUT2D eigenvalue weighted by molar-refractivity contribution is 5.83. The summed E-state index contributed by atoms with van der Waals surface area (Å²) in [7, 11) is 1.31. The van der Waals surface area contributed by atoms with E-state index in [9.17, 15) is 9.59 Å². The standard InChI is InChI=1S/C15H21NO3/c1-11-7-9-13(10-8-11)5-4-6-14(17)16-12(2)15(18)19-3/h7-10,12H,4-6H2,1-3H3,(H,16,17)/t12-/m0/s1. The summed E-state index contributed by atoms with van der Waals surface area (Å²) in [6, 6.07) is 7.69. The molecular weight excluding hydrogens is 242 g/mol. The van der Waals surface area contributed by atoms with E-state index in [2.05, 4.69) is 34.3 Å². The van der Waals surface area contributed by atoms with Crippen molar-refractivity contribution in [1.29, 1.82) is 0 Å². The van der Waals surface area contributed by atoms with Crippen LogP contribution in [0, 0.1) is 6.92 Å². The van der Waals surface area contributed by atoms with Gasteiger partial charge in [-0.2, -0.15) is 0 Å². The second-order valence-electron chi connectivity index (χ2n) is 4.65. The van der Waals surface area contributed by atoms with Gasteiger partial charge >= 0.3 is 5.97 Å². The lowest BCUT2D eigenvalue weighted by Gasteiger charge is -2.11. The highest BCUT2D eigenvalue weighted by Gasteiger charge is 2.15. The van der Waals surface area contributed by atoms with Crippen LogP contribution in [0.2, 0.25) is 0 Å². The lowest BCUT2D eigenvalue weighted by atomic mass is 10.1. The molecule has 4 heteroatoms. The summed E-state index contributed by atoms with van der Waals surface area (Å²) in [5.74, 6) is -0.545. The molecule has 0 heterocycles. The van der Waals surface area contributed by atoms with Crippen LogP contribution in [0.4, 0.5) is 0 Å². The Morgan fingerprint density at radius 3 is 2.47 bits per heavy atom. The van der Waals surface area contributed by atoms with Gasteiger partial charge in [0.05, 0.1) is 7.11 Å². The number of nitrogens with one attached hydrogen (secondary N) is 1. The van der Waals surface area contributed by atoms with Crippen LogP contribution in [-0.2, 0) is 20.7 Å². The number of carbonyl (C=O) groups is 2. The summed E-state index contributed by atoms with van der Waals surface area (Å²) in [5, 5.41) is 2.61. The maximum Gasteiger partial charge on any atom is 0.328 e. The molecule has 1 atom stereocenters. The largest absolute Gasteiger partial charge is 0.467 e. The van der Waals surface area contributed by atoms with Crippen molar-refractivity contribution in [2.45, 2.75) is 39.2 Å². The van der Waals surface area contributed by atoms with Gasteiger partial charge in [0.25, 0.3) is 0 Å². The molecule has 0 radical (unpaired) electrons. The van der Waals surface area contributed by atoms with E-state index in [1.165, 1.54) is 18.2 Å². The number of rotatable bonds is 6. The minimum Gasteiger partial charge on any atom is -0.467 e. The van der Waals surface area contributed by atoms with E-state index in [1.54, 1.807) is 6.92 Å². The number of hydrogen-bond acceptors (Lipinski definition) is 3. The highest BCUT2D eigenvalue weighted by atomic mass is 16.5. The van der Waals surface area contributed by atoms with Crippen molar-refractivity contribution in [2.24, 2.45) is 0 Å². The van der Waals surface area contributed by atoms with Gasteiger partial charge in [0.1, 0.15) is 6.04 Å². The summed E-state index contributed by atoms with van der Waals surface area (Å²) in [6.45, 7) is 3.66. The van der Waals surface area contributed by atoms with Gasteiger partial charge in [-0.3, -0.25) is 4.79 Å². The maximum absolute atomic E-state index is 11.6. The number of ether oxygens (including phenoxy) is 1. The fourth-order valence-electron chi connectivity index (χ4n) is 1.76. The maximum atomic E-state index is 11.6. The molecule has 4 nitrogen and oxygen atoms in total. The second kappa shape index (κ2) is 7.56. The third-order valence-electron chi connectivity index (χ3n) is 2.92. The molecule has 1 amide bonds. The Morgan fingerprint density at radius 1 is 1.26 bits per heavy atom. The van der Waals surface area contributed by atoms with E-state index in [0.717, 1.165) is 12.8 Å². The minimum atomic E-state index is -0.586. The number of esters is 1. The average Bonchev–Trinajstić information content (AvgIpc) is 2.40. The molecule has 0 saturated carbocycles. The predicted octanol–water partition coefficient (Wildman–Crippen LogP) is 2.00. The van der Waals surface area contributed by atoms with Crippen molar-refractivity contribution in [3.63, 3.8) is 0 Å². The smallest absolute Gasteiger partial charge is 0.328 e. The van der Waals surface area contributed by atoms with Gasteiger partial charge in [0.15, 0.2) is 0 Å². The Labute approximate surface area is 114 Å². The Hall–Kier alpha value is -1.84. The van der Waals surface area contributed by atoms with E-state index in [0.29, 0.717) is 6.42 Å². The van der Waals surface area contributed by atoms with Crippen molar-refractivity contribution in [3.05, 3.63) is 35.4 Å². The zero-order valence-electron chi connectivity index (χ0n) is 11.7. The molecule has 0 aliphatic heterocycles. The molecule has 0 spiro atoms. The molecule has 0 aliphatic carbocycles. The van der Waals surface area contributed by atoms with Crippen LogP contribution in [0.3, 0.4) is 0 Å². The van der Waals surface area contributed by atoms with Gasteiger partial charge in [-0.25, -0.2) is 4.79 Å². The third kappa shape index (κ3) is 5.55. The molecule has 1 aromatic carbocycles. The molecular formula is C15H21NO3. The lowest BCUT2D eigenvalue weighted by Crippen LogP contribution is -2.39. The van der Waals surface area contributed by atoms with Gasteiger partial charge in [-0.05, 0) is 32.3 Å². The molecule has 0 fully saturated rings. The molecule has 19 heavy (non-hydrogen) atoms. The summed E-state index contributed by atoms with van der Waals surface area (Å²) < 4.78 is 4.54. The average molecular weight is 263 g/mol. The van der Waals surface area contributed by atoms with Crippen LogP contribution in [0.1, 0.15) is 30.9 Å². The number of methoxy groups -OCH3 is 1. The third-order valence-corrected chi connectivity index (χ3v) is 2.92. The van der Waals surface area contributed by atoms with Crippen molar-refractivity contribution in [2.75, 3.05) is 7.11 Å². The predicted molar refractivity (Wildman–Crippen MR) is 73.7 cm³/mol. The number of amides is 1. The molecule has 0 unspecified atom stereocenters. The van der Waals surface area contributed by atoms with E-state index >= 15 is 0 Å². The Morgan fingerprint density at radius 2 is 1.89 bits per heavy atom. The molecule has 1 N–H and O–H groups in total. The first-order chi connectivity index (χ1) is 9.02. The van der Waals surface area contributed by atoms with Gasteiger partial charge in [0, 0.05) is 6.42 Å². The monoisotopic (exact) mass is 263 g/mol. The normalized spacial score (nSPS) is 11.7. The van der Waals surface area contributed by atoms with Gasteiger partial charge < -0.3 is 10.1 Å². The number of hydrogen-bond donors (Lipinski definition) is 1. The Kier molecular flexibility index (Phi) is 6.06. The summed E-state index contributed by atoms with van der Waals surface area (Å²) >= 11 is 0. The summed E-state index contributed by atoms with van der Waals surface area (Å²) in [4.78, 5) is 22.7. The highest BCUT2D eigenvalue weighted by Crippen LogP contribution is 2.07. The van der Waals surface area contributed by atoms with Crippen LogP contribution < -0.4 is 5.32 Å². The van der Waals surface area contributed by atoms with Crippen LogP contribution in [-0.4, -0.2) is 25.0 Å². The summed E-state index contributed by atoms with van der Waals surface area (Å²) in [6.07, 6.45) is 2.04. The topological polar surface area (TPSA) is 55.4 Å². The second-order valence-corrected chi connectivity index (χ2v) is 4.65. The zero-order chi connectivity index (χ0) is 14.3. The van der Waals surface area contributed by atoms with Crippen LogP contribution in [0.25, 0.3) is 0 Å². The first-order valence-electron chi connectivity index (χ1n) is 6.45. The first-order valence-corrected chi connectivity index (χ1v) is 6.45. The Balaban J connectivity index is 2.27. The molecule has 0 saturated heterocycles. The van der Waals surface area contributed by atoms with Crippen LogP contribution in [0.5, 0.6) is 0 Å². The van der Waals surface area contributed by atoms with E-state index < -0.39 is 12.0 Å². The summed E-state index contributed by atoms with van der Waals surface area (Å²) in [5.41, 5.74) is 2.45. The zero-order valence-corrected chi connectivity index (χ0v) is 11.7. The van der Waals surface area contributed by atoms with Gasteiger partial charge in [0.2, 0.25) is 5.91 Å². The SMILES string of the molecule is COC(=O)[C@H](C)NC(=O)CCCc1ccc(C)cc1. The fourth-order valence-corrected chi connectivity index (χ4v) is 1.76.